The van der Waals surface area contributed by atoms with Crippen LogP contribution in [-0.4, -0.2) is 30.8 Å². The van der Waals surface area contributed by atoms with Gasteiger partial charge >= 0.3 is 0 Å². The minimum atomic E-state index is 0.0168. The fraction of sp³-hybridized carbons (Fsp3) is 0.400. The summed E-state index contributed by atoms with van der Waals surface area (Å²) in [5, 5.41) is 10.3. The van der Waals surface area contributed by atoms with Gasteiger partial charge in [0.25, 0.3) is 0 Å². The van der Waals surface area contributed by atoms with Crippen molar-refractivity contribution >= 4 is 16.5 Å². The number of likely N-dealkylation sites (N-methyl/N-ethyl adjacent to an activating group) is 1. The summed E-state index contributed by atoms with van der Waals surface area (Å²) in [6, 6.07) is 10.4. The van der Waals surface area contributed by atoms with E-state index in [4.69, 9.17) is 4.74 Å². The van der Waals surface area contributed by atoms with Gasteiger partial charge in [0.1, 0.15) is 0 Å². The van der Waals surface area contributed by atoms with Gasteiger partial charge in [-0.15, -0.1) is 0 Å². The molecule has 108 valence electrons. The highest BCUT2D eigenvalue weighted by molar-refractivity contribution is 7.15. The smallest absolute Gasteiger partial charge is 0.185 e. The second kappa shape index (κ2) is 7.38. The zero-order valence-electron chi connectivity index (χ0n) is 11.9. The van der Waals surface area contributed by atoms with E-state index in [0.717, 1.165) is 28.7 Å². The predicted molar refractivity (Wildman–Crippen MR) is 82.2 cm³/mol. The molecular weight excluding hydrogens is 272 g/mol. The molecule has 1 heterocycles. The number of anilines is 1. The van der Waals surface area contributed by atoms with Crippen LogP contribution in [0.5, 0.6) is 0 Å². The third-order valence-electron chi connectivity index (χ3n) is 3.10. The summed E-state index contributed by atoms with van der Waals surface area (Å²) in [6.45, 7) is 1.36. The van der Waals surface area contributed by atoms with Crippen LogP contribution in [0, 0.1) is 0 Å². The number of rotatable bonds is 7. The Bertz CT molecular complexity index is 528. The Labute approximate surface area is 123 Å². The van der Waals surface area contributed by atoms with Crippen molar-refractivity contribution in [3.05, 3.63) is 46.5 Å². The van der Waals surface area contributed by atoms with Crippen LogP contribution < -0.4 is 4.90 Å². The third kappa shape index (κ3) is 3.79. The van der Waals surface area contributed by atoms with Crippen LogP contribution in [0.2, 0.25) is 0 Å². The summed E-state index contributed by atoms with van der Waals surface area (Å²) in [5.74, 6) is 0. The Kier molecular flexibility index (Phi) is 5.52. The molecule has 0 aliphatic heterocycles. The number of aromatic nitrogens is 1. The van der Waals surface area contributed by atoms with Crippen molar-refractivity contribution in [1.82, 2.24) is 4.98 Å². The van der Waals surface area contributed by atoms with Gasteiger partial charge in [-0.25, -0.2) is 4.98 Å². The largest absolute Gasteiger partial charge is 0.391 e. The number of nitrogens with zero attached hydrogens (tertiary/aromatic N) is 2. The molecule has 0 amide bonds. The molecule has 0 fully saturated rings. The predicted octanol–water partition coefficient (Wildman–Crippen LogP) is 2.46. The standard InChI is InChI=1S/C15H20N2O2S/c1-17(9-8-12-6-4-3-5-7-12)15-16-13(11-19-2)14(10-18)20-15/h3-7,18H,8-11H2,1-2H3. The number of hydrogen-bond donors (Lipinski definition) is 1. The topological polar surface area (TPSA) is 45.6 Å². The van der Waals surface area contributed by atoms with Crippen LogP contribution in [0.3, 0.4) is 0 Å². The van der Waals surface area contributed by atoms with Crippen molar-refractivity contribution < 1.29 is 9.84 Å². The average molecular weight is 292 g/mol. The molecule has 0 unspecified atom stereocenters. The summed E-state index contributed by atoms with van der Waals surface area (Å²) < 4.78 is 5.11. The highest BCUT2D eigenvalue weighted by Crippen LogP contribution is 2.26. The molecule has 4 nitrogen and oxygen atoms in total. The van der Waals surface area contributed by atoms with Crippen molar-refractivity contribution in [2.75, 3.05) is 25.6 Å². The first-order valence-corrected chi connectivity index (χ1v) is 7.39. The van der Waals surface area contributed by atoms with Crippen molar-refractivity contribution in [2.24, 2.45) is 0 Å². The van der Waals surface area contributed by atoms with E-state index in [9.17, 15) is 5.11 Å². The van der Waals surface area contributed by atoms with Gasteiger partial charge in [-0.05, 0) is 12.0 Å². The molecule has 1 aromatic carbocycles. The van der Waals surface area contributed by atoms with E-state index in [-0.39, 0.29) is 6.61 Å². The molecule has 0 saturated carbocycles. The van der Waals surface area contributed by atoms with Gasteiger partial charge in [0.05, 0.1) is 23.8 Å². The second-order valence-electron chi connectivity index (χ2n) is 4.61. The van der Waals surface area contributed by atoms with Gasteiger partial charge in [0.15, 0.2) is 5.13 Å². The van der Waals surface area contributed by atoms with Gasteiger partial charge in [-0.1, -0.05) is 41.7 Å². The maximum atomic E-state index is 9.34. The van der Waals surface area contributed by atoms with E-state index >= 15 is 0 Å². The van der Waals surface area contributed by atoms with Crippen LogP contribution in [0.1, 0.15) is 16.1 Å². The summed E-state index contributed by atoms with van der Waals surface area (Å²) in [6.07, 6.45) is 0.977. The maximum Gasteiger partial charge on any atom is 0.185 e. The van der Waals surface area contributed by atoms with E-state index in [2.05, 4.69) is 34.1 Å². The first-order chi connectivity index (χ1) is 9.74. The summed E-state index contributed by atoms with van der Waals surface area (Å²) in [7, 11) is 3.67. The van der Waals surface area contributed by atoms with Crippen molar-refractivity contribution in [3.8, 4) is 0 Å². The number of ether oxygens (including phenoxy) is 1. The summed E-state index contributed by atoms with van der Waals surface area (Å²) in [5.41, 5.74) is 2.15. The van der Waals surface area contributed by atoms with Gasteiger partial charge in [-0.2, -0.15) is 0 Å². The minimum absolute atomic E-state index is 0.0168. The average Bonchev–Trinajstić information content (AvgIpc) is 2.89. The molecule has 2 aromatic rings. The summed E-state index contributed by atoms with van der Waals surface area (Å²) >= 11 is 1.53. The SMILES string of the molecule is COCc1nc(N(C)CCc2ccccc2)sc1CO. The number of benzene rings is 1. The Morgan fingerprint density at radius 3 is 2.70 bits per heavy atom. The van der Waals surface area contributed by atoms with E-state index in [1.165, 1.54) is 16.9 Å². The van der Waals surface area contributed by atoms with Crippen molar-refractivity contribution in [1.29, 1.82) is 0 Å². The zero-order chi connectivity index (χ0) is 14.4. The van der Waals surface area contributed by atoms with E-state index in [1.54, 1.807) is 7.11 Å². The van der Waals surface area contributed by atoms with Crippen LogP contribution in [0.4, 0.5) is 5.13 Å². The molecule has 2 rings (SSSR count). The Morgan fingerprint density at radius 1 is 1.30 bits per heavy atom. The van der Waals surface area contributed by atoms with Crippen LogP contribution in [-0.2, 0) is 24.4 Å². The molecule has 20 heavy (non-hydrogen) atoms. The number of hydrogen-bond acceptors (Lipinski definition) is 5. The molecule has 0 bridgehead atoms. The first-order valence-electron chi connectivity index (χ1n) is 6.58. The molecule has 1 aromatic heterocycles. The highest BCUT2D eigenvalue weighted by atomic mass is 32.1. The lowest BCUT2D eigenvalue weighted by Crippen LogP contribution is -2.20. The first kappa shape index (κ1) is 15.0. The van der Waals surface area contributed by atoms with Gasteiger partial charge in [-0.3, -0.25) is 0 Å². The highest BCUT2D eigenvalue weighted by Gasteiger charge is 2.13. The second-order valence-corrected chi connectivity index (χ2v) is 5.68. The van der Waals surface area contributed by atoms with Gasteiger partial charge in [0, 0.05) is 20.7 Å². The molecule has 0 spiro atoms. The van der Waals surface area contributed by atoms with Crippen LogP contribution in [0.25, 0.3) is 0 Å². The molecule has 0 saturated heterocycles. The molecule has 1 N–H and O–H groups in total. The lowest BCUT2D eigenvalue weighted by Gasteiger charge is -2.15. The molecule has 0 atom stereocenters. The lowest BCUT2D eigenvalue weighted by molar-refractivity contribution is 0.179. The molecule has 0 radical (unpaired) electrons. The van der Waals surface area contributed by atoms with Crippen LogP contribution >= 0.6 is 11.3 Å². The minimum Gasteiger partial charge on any atom is -0.391 e. The zero-order valence-corrected chi connectivity index (χ0v) is 12.7. The Hall–Kier alpha value is -1.43. The number of thiazole rings is 1. The molecule has 0 aliphatic carbocycles. The number of aliphatic hydroxyl groups is 1. The third-order valence-corrected chi connectivity index (χ3v) is 4.29. The summed E-state index contributed by atoms with van der Waals surface area (Å²) in [4.78, 5) is 7.55. The Morgan fingerprint density at radius 2 is 2.05 bits per heavy atom. The van der Waals surface area contributed by atoms with Crippen molar-refractivity contribution in [2.45, 2.75) is 19.6 Å². The van der Waals surface area contributed by atoms with Gasteiger partial charge < -0.3 is 14.7 Å². The molecule has 0 aliphatic rings. The number of methoxy groups -OCH3 is 1. The normalized spacial score (nSPS) is 10.8. The van der Waals surface area contributed by atoms with Crippen LogP contribution in [0.15, 0.2) is 30.3 Å². The Balaban J connectivity index is 2.00. The monoisotopic (exact) mass is 292 g/mol. The molecule has 5 heteroatoms. The van der Waals surface area contributed by atoms with E-state index in [1.807, 2.05) is 13.1 Å². The quantitative estimate of drug-likeness (QED) is 0.851. The molecular formula is C15H20N2O2S. The van der Waals surface area contributed by atoms with Crippen molar-refractivity contribution in [3.63, 3.8) is 0 Å². The number of aliphatic hydroxyl groups excluding tert-OH is 1. The van der Waals surface area contributed by atoms with E-state index in [0.29, 0.717) is 6.61 Å². The van der Waals surface area contributed by atoms with Gasteiger partial charge in [0.2, 0.25) is 0 Å². The fourth-order valence-electron chi connectivity index (χ4n) is 1.94. The lowest BCUT2D eigenvalue weighted by atomic mass is 10.1. The fourth-order valence-corrected chi connectivity index (χ4v) is 2.85. The maximum absolute atomic E-state index is 9.34. The van der Waals surface area contributed by atoms with E-state index < -0.39 is 0 Å².